The number of amides is 2. The van der Waals surface area contributed by atoms with Crippen molar-refractivity contribution in [2.24, 2.45) is 0 Å². The lowest BCUT2D eigenvalue weighted by Crippen LogP contribution is -2.60. The van der Waals surface area contributed by atoms with Crippen LogP contribution in [0, 0.1) is 5.82 Å². The lowest BCUT2D eigenvalue weighted by Gasteiger charge is -2.47. The first-order chi connectivity index (χ1) is 13.5. The number of hydrogen-bond acceptors (Lipinski definition) is 5. The largest absolute Gasteiger partial charge is 0.379 e. The van der Waals surface area contributed by atoms with Gasteiger partial charge in [-0.25, -0.2) is 4.39 Å². The molecule has 1 aromatic carbocycles. The number of halogens is 1. The molecule has 3 aliphatic heterocycles. The summed E-state index contributed by atoms with van der Waals surface area (Å²) in [5.41, 5.74) is 0.0779. The van der Waals surface area contributed by atoms with E-state index < -0.39 is 5.60 Å². The fraction of sp³-hybridized carbons (Fsp3) is 0.600. The number of piperidine rings is 1. The second-order valence-corrected chi connectivity index (χ2v) is 7.70. The van der Waals surface area contributed by atoms with Crippen LogP contribution in [0.3, 0.4) is 0 Å². The Hall–Kier alpha value is -2.03. The van der Waals surface area contributed by atoms with Crippen molar-refractivity contribution < 1.29 is 23.5 Å². The average Bonchev–Trinajstić information content (AvgIpc) is 2.71. The van der Waals surface area contributed by atoms with Crippen LogP contribution in [0.15, 0.2) is 24.3 Å². The molecule has 1 aromatic rings. The van der Waals surface area contributed by atoms with Gasteiger partial charge in [-0.3, -0.25) is 14.5 Å². The SMILES string of the molecule is O=C(CN1CCOCC1)N1CCC2(CC1)CN(c1cccc(F)c1)C(=O)CO2. The number of rotatable bonds is 3. The number of hydrogen-bond donors (Lipinski definition) is 0. The Morgan fingerprint density at radius 3 is 2.61 bits per heavy atom. The first kappa shape index (κ1) is 19.3. The van der Waals surface area contributed by atoms with E-state index in [0.29, 0.717) is 57.9 Å². The lowest BCUT2D eigenvalue weighted by atomic mass is 9.89. The molecule has 152 valence electrons. The van der Waals surface area contributed by atoms with E-state index >= 15 is 0 Å². The van der Waals surface area contributed by atoms with Gasteiger partial charge in [-0.15, -0.1) is 0 Å². The Kier molecular flexibility index (Phi) is 5.61. The molecule has 0 bridgehead atoms. The van der Waals surface area contributed by atoms with E-state index in [1.165, 1.54) is 12.1 Å². The van der Waals surface area contributed by atoms with Crippen LogP contribution in [-0.4, -0.2) is 86.3 Å². The molecule has 3 heterocycles. The fourth-order valence-electron chi connectivity index (χ4n) is 4.11. The second-order valence-electron chi connectivity index (χ2n) is 7.70. The van der Waals surface area contributed by atoms with Crippen LogP contribution in [0.25, 0.3) is 0 Å². The third kappa shape index (κ3) is 4.19. The van der Waals surface area contributed by atoms with Crippen LogP contribution in [-0.2, 0) is 19.1 Å². The van der Waals surface area contributed by atoms with Gasteiger partial charge in [-0.1, -0.05) is 6.07 Å². The summed E-state index contributed by atoms with van der Waals surface area (Å²) in [5.74, 6) is -0.401. The zero-order valence-corrected chi connectivity index (χ0v) is 15.9. The smallest absolute Gasteiger partial charge is 0.253 e. The molecule has 8 heteroatoms. The zero-order chi connectivity index (χ0) is 19.6. The molecular weight excluding hydrogens is 365 g/mol. The van der Waals surface area contributed by atoms with Crippen LogP contribution < -0.4 is 4.90 Å². The van der Waals surface area contributed by atoms with E-state index in [2.05, 4.69) is 4.90 Å². The number of carbonyl (C=O) groups excluding carboxylic acids is 2. The molecule has 7 nitrogen and oxygen atoms in total. The van der Waals surface area contributed by atoms with Crippen molar-refractivity contribution in [3.63, 3.8) is 0 Å². The highest BCUT2D eigenvalue weighted by Gasteiger charge is 2.43. The number of carbonyl (C=O) groups is 2. The maximum atomic E-state index is 13.6. The Morgan fingerprint density at radius 1 is 1.14 bits per heavy atom. The summed E-state index contributed by atoms with van der Waals surface area (Å²) in [6.45, 7) is 4.93. The van der Waals surface area contributed by atoms with E-state index in [1.807, 2.05) is 4.90 Å². The molecule has 0 atom stereocenters. The van der Waals surface area contributed by atoms with Crippen LogP contribution in [0.1, 0.15) is 12.8 Å². The van der Waals surface area contributed by atoms with Crippen molar-refractivity contribution in [2.75, 3.05) is 64.0 Å². The number of anilines is 1. The predicted molar refractivity (Wildman–Crippen MR) is 101 cm³/mol. The zero-order valence-electron chi connectivity index (χ0n) is 15.9. The maximum Gasteiger partial charge on any atom is 0.253 e. The predicted octanol–water partition coefficient (Wildman–Crippen LogP) is 0.882. The maximum absolute atomic E-state index is 13.6. The molecule has 0 aromatic heterocycles. The van der Waals surface area contributed by atoms with Gasteiger partial charge >= 0.3 is 0 Å². The van der Waals surface area contributed by atoms with E-state index in [4.69, 9.17) is 9.47 Å². The van der Waals surface area contributed by atoms with Crippen molar-refractivity contribution in [3.8, 4) is 0 Å². The molecule has 28 heavy (non-hydrogen) atoms. The molecule has 0 N–H and O–H groups in total. The molecule has 0 radical (unpaired) electrons. The number of morpholine rings is 2. The highest BCUT2D eigenvalue weighted by molar-refractivity contribution is 5.95. The quantitative estimate of drug-likeness (QED) is 0.766. The van der Waals surface area contributed by atoms with Gasteiger partial charge in [0, 0.05) is 31.9 Å². The van der Waals surface area contributed by atoms with E-state index in [9.17, 15) is 14.0 Å². The molecule has 4 rings (SSSR count). The topological polar surface area (TPSA) is 62.3 Å². The number of ether oxygens (including phenoxy) is 2. The Morgan fingerprint density at radius 2 is 1.89 bits per heavy atom. The van der Waals surface area contributed by atoms with Gasteiger partial charge in [0.25, 0.3) is 5.91 Å². The summed E-state index contributed by atoms with van der Waals surface area (Å²) in [7, 11) is 0. The highest BCUT2D eigenvalue weighted by atomic mass is 19.1. The molecular formula is C20H26FN3O4. The normalized spacial score (nSPS) is 23.2. The summed E-state index contributed by atoms with van der Waals surface area (Å²) < 4.78 is 24.8. The van der Waals surface area contributed by atoms with Crippen LogP contribution >= 0.6 is 0 Å². The molecule has 1 spiro atoms. The van der Waals surface area contributed by atoms with Gasteiger partial charge in [0.15, 0.2) is 0 Å². The molecule has 0 aliphatic carbocycles. The van der Waals surface area contributed by atoms with Crippen molar-refractivity contribution in [1.29, 1.82) is 0 Å². The fourth-order valence-corrected chi connectivity index (χ4v) is 4.11. The monoisotopic (exact) mass is 391 g/mol. The molecule has 3 fully saturated rings. The Bertz CT molecular complexity index is 730. The van der Waals surface area contributed by atoms with Gasteiger partial charge in [0.2, 0.25) is 5.91 Å². The lowest BCUT2D eigenvalue weighted by molar-refractivity contribution is -0.151. The summed E-state index contributed by atoms with van der Waals surface area (Å²) in [6.07, 6.45) is 1.34. The minimum atomic E-state index is -0.476. The van der Waals surface area contributed by atoms with Crippen LogP contribution in [0.2, 0.25) is 0 Å². The highest BCUT2D eigenvalue weighted by Crippen LogP contribution is 2.33. The standard InChI is InChI=1S/C20H26FN3O4/c21-16-2-1-3-17(12-16)24-15-20(28-14-19(24)26)4-6-23(7-5-20)18(25)13-22-8-10-27-11-9-22/h1-3,12H,4-11,13-15H2. The Labute approximate surface area is 164 Å². The Balaban J connectivity index is 1.36. The van der Waals surface area contributed by atoms with Crippen molar-refractivity contribution >= 4 is 17.5 Å². The first-order valence-electron chi connectivity index (χ1n) is 9.82. The molecule has 2 amide bonds. The molecule has 3 aliphatic rings. The minimum absolute atomic E-state index is 0.0156. The minimum Gasteiger partial charge on any atom is -0.379 e. The number of benzene rings is 1. The van der Waals surface area contributed by atoms with Gasteiger partial charge in [0.05, 0.1) is 31.9 Å². The van der Waals surface area contributed by atoms with Crippen molar-refractivity contribution in [3.05, 3.63) is 30.1 Å². The van der Waals surface area contributed by atoms with Crippen molar-refractivity contribution in [1.82, 2.24) is 9.80 Å². The van der Waals surface area contributed by atoms with Crippen molar-refractivity contribution in [2.45, 2.75) is 18.4 Å². The van der Waals surface area contributed by atoms with Crippen LogP contribution in [0.4, 0.5) is 10.1 Å². The van der Waals surface area contributed by atoms with Crippen LogP contribution in [0.5, 0.6) is 0 Å². The molecule has 3 saturated heterocycles. The second kappa shape index (κ2) is 8.14. The first-order valence-corrected chi connectivity index (χ1v) is 9.82. The molecule has 0 unspecified atom stereocenters. The average molecular weight is 391 g/mol. The number of likely N-dealkylation sites (tertiary alicyclic amines) is 1. The van der Waals surface area contributed by atoms with Gasteiger partial charge in [0.1, 0.15) is 12.4 Å². The van der Waals surface area contributed by atoms with E-state index in [-0.39, 0.29) is 24.2 Å². The molecule has 0 saturated carbocycles. The van der Waals surface area contributed by atoms with E-state index in [1.54, 1.807) is 17.0 Å². The summed E-state index contributed by atoms with van der Waals surface area (Å²) >= 11 is 0. The third-order valence-electron chi connectivity index (χ3n) is 5.86. The van der Waals surface area contributed by atoms with Gasteiger partial charge in [-0.2, -0.15) is 0 Å². The van der Waals surface area contributed by atoms with Gasteiger partial charge < -0.3 is 19.3 Å². The summed E-state index contributed by atoms with van der Waals surface area (Å²) in [6, 6.07) is 6.08. The number of nitrogens with zero attached hydrogens (tertiary/aromatic N) is 3. The van der Waals surface area contributed by atoms with E-state index in [0.717, 1.165) is 13.1 Å². The summed E-state index contributed by atoms with van der Waals surface area (Å²) in [5, 5.41) is 0. The van der Waals surface area contributed by atoms with Gasteiger partial charge in [-0.05, 0) is 31.0 Å². The third-order valence-corrected chi connectivity index (χ3v) is 5.86. The summed E-state index contributed by atoms with van der Waals surface area (Å²) in [4.78, 5) is 30.5.